The summed E-state index contributed by atoms with van der Waals surface area (Å²) < 4.78 is 40.2. The third-order valence-corrected chi connectivity index (χ3v) is 4.97. The fourth-order valence-electron chi connectivity index (χ4n) is 3.01. The Hall–Kier alpha value is -2.20. The normalized spacial score (nSPS) is 17.2. The highest BCUT2D eigenvalue weighted by atomic mass is 35.5. The van der Waals surface area contributed by atoms with Crippen molar-refractivity contribution in [1.82, 2.24) is 24.9 Å². The van der Waals surface area contributed by atoms with Crippen LogP contribution in [0, 0.1) is 13.8 Å². The maximum absolute atomic E-state index is 13.0. The van der Waals surface area contributed by atoms with Crippen LogP contribution in [0.2, 0.25) is 5.02 Å². The summed E-state index contributed by atoms with van der Waals surface area (Å²) in [6, 6.07) is 3.72. The van der Waals surface area contributed by atoms with Crippen molar-refractivity contribution >= 4 is 23.7 Å². The summed E-state index contributed by atoms with van der Waals surface area (Å²) in [5, 5.41) is 11.2. The van der Waals surface area contributed by atoms with Gasteiger partial charge in [0, 0.05) is 26.2 Å². The van der Waals surface area contributed by atoms with Gasteiger partial charge in [0.1, 0.15) is 0 Å². The Labute approximate surface area is 158 Å². The standard InChI is InChI=1S/C16H18ClF3N6O/c1-10-3-4-12(22-21-10)24-5-7-25(8-6-24)13(9-27)26-11(2)14(17)15(23-26)16(18,19)20/h3-4,9,13H,5-8H2,1-2H3. The smallest absolute Gasteiger partial charge is 0.353 e. The van der Waals surface area contributed by atoms with Gasteiger partial charge in [-0.05, 0) is 26.0 Å². The molecule has 7 nitrogen and oxygen atoms in total. The number of aromatic nitrogens is 4. The number of hydrogen-bond acceptors (Lipinski definition) is 6. The van der Waals surface area contributed by atoms with Crippen molar-refractivity contribution in [3.63, 3.8) is 0 Å². The molecule has 0 N–H and O–H groups in total. The van der Waals surface area contributed by atoms with Gasteiger partial charge in [-0.3, -0.25) is 9.69 Å². The van der Waals surface area contributed by atoms with Crippen LogP contribution in [0.4, 0.5) is 19.0 Å². The van der Waals surface area contributed by atoms with Crippen molar-refractivity contribution in [2.75, 3.05) is 31.1 Å². The zero-order chi connectivity index (χ0) is 19.8. The van der Waals surface area contributed by atoms with Gasteiger partial charge in [0.05, 0.1) is 16.4 Å². The average molecular weight is 403 g/mol. The predicted octanol–water partition coefficient (Wildman–Crippen LogP) is 2.48. The number of aldehydes is 1. The van der Waals surface area contributed by atoms with E-state index in [1.54, 1.807) is 4.90 Å². The lowest BCUT2D eigenvalue weighted by molar-refractivity contribution is -0.142. The van der Waals surface area contributed by atoms with Crippen LogP contribution in [-0.2, 0) is 11.0 Å². The first-order valence-electron chi connectivity index (χ1n) is 8.28. The minimum Gasteiger partial charge on any atom is -0.353 e. The Balaban J connectivity index is 1.76. The molecule has 1 fully saturated rings. The molecule has 27 heavy (non-hydrogen) atoms. The number of carbonyl (C=O) groups is 1. The number of aryl methyl sites for hydroxylation is 1. The van der Waals surface area contributed by atoms with Crippen LogP contribution in [0.3, 0.4) is 0 Å². The Kier molecular flexibility index (Phi) is 5.38. The molecular weight excluding hydrogens is 385 g/mol. The molecule has 0 aromatic carbocycles. The fourth-order valence-corrected chi connectivity index (χ4v) is 3.24. The van der Waals surface area contributed by atoms with Crippen LogP contribution < -0.4 is 4.90 Å². The number of nitrogens with zero attached hydrogens (tertiary/aromatic N) is 6. The van der Waals surface area contributed by atoms with Crippen molar-refractivity contribution in [1.29, 1.82) is 0 Å². The lowest BCUT2D eigenvalue weighted by Crippen LogP contribution is -2.50. The van der Waals surface area contributed by atoms with E-state index in [9.17, 15) is 18.0 Å². The number of piperazine rings is 1. The van der Waals surface area contributed by atoms with Crippen LogP contribution in [0.1, 0.15) is 23.2 Å². The van der Waals surface area contributed by atoms with Crippen molar-refractivity contribution in [2.24, 2.45) is 0 Å². The number of anilines is 1. The van der Waals surface area contributed by atoms with Gasteiger partial charge >= 0.3 is 6.18 Å². The molecule has 1 atom stereocenters. The summed E-state index contributed by atoms with van der Waals surface area (Å²) in [6.45, 7) is 5.29. The van der Waals surface area contributed by atoms with Crippen molar-refractivity contribution in [3.8, 4) is 0 Å². The van der Waals surface area contributed by atoms with Gasteiger partial charge in [-0.15, -0.1) is 5.10 Å². The lowest BCUT2D eigenvalue weighted by Gasteiger charge is -2.37. The summed E-state index contributed by atoms with van der Waals surface area (Å²) in [5.74, 6) is 0.723. The van der Waals surface area contributed by atoms with E-state index in [2.05, 4.69) is 15.3 Å². The summed E-state index contributed by atoms with van der Waals surface area (Å²) in [5.41, 5.74) is -0.264. The first kappa shape index (κ1) is 19.6. The Morgan fingerprint density at radius 2 is 1.81 bits per heavy atom. The zero-order valence-corrected chi connectivity index (χ0v) is 15.5. The van der Waals surface area contributed by atoms with E-state index in [0.29, 0.717) is 32.5 Å². The number of carbonyl (C=O) groups excluding carboxylic acids is 1. The van der Waals surface area contributed by atoms with E-state index < -0.39 is 23.1 Å². The Morgan fingerprint density at radius 1 is 1.15 bits per heavy atom. The molecule has 0 amide bonds. The van der Waals surface area contributed by atoms with Crippen molar-refractivity contribution in [3.05, 3.63) is 34.2 Å². The van der Waals surface area contributed by atoms with E-state index in [0.717, 1.165) is 16.2 Å². The SMILES string of the molecule is Cc1ccc(N2CCN(C(C=O)n3nc(C(F)(F)F)c(Cl)c3C)CC2)nn1. The molecule has 0 radical (unpaired) electrons. The summed E-state index contributed by atoms with van der Waals surface area (Å²) in [4.78, 5) is 15.4. The summed E-state index contributed by atoms with van der Waals surface area (Å²) in [7, 11) is 0. The van der Waals surface area contributed by atoms with Gasteiger partial charge in [0.2, 0.25) is 0 Å². The monoisotopic (exact) mass is 402 g/mol. The van der Waals surface area contributed by atoms with Gasteiger partial charge in [0.15, 0.2) is 24.0 Å². The second-order valence-corrected chi connectivity index (χ2v) is 6.67. The van der Waals surface area contributed by atoms with Crippen LogP contribution in [0.15, 0.2) is 12.1 Å². The second-order valence-electron chi connectivity index (χ2n) is 6.30. The molecule has 1 aliphatic rings. The number of rotatable bonds is 4. The van der Waals surface area contributed by atoms with Crippen LogP contribution in [-0.4, -0.2) is 57.3 Å². The maximum atomic E-state index is 13.0. The quantitative estimate of drug-likeness (QED) is 0.732. The van der Waals surface area contributed by atoms with Crippen LogP contribution in [0.25, 0.3) is 0 Å². The lowest BCUT2D eigenvalue weighted by atomic mass is 10.2. The highest BCUT2D eigenvalue weighted by Gasteiger charge is 2.39. The first-order chi connectivity index (χ1) is 12.7. The van der Waals surface area contributed by atoms with Gasteiger partial charge in [0.25, 0.3) is 0 Å². The number of hydrogen-bond donors (Lipinski definition) is 0. The van der Waals surface area contributed by atoms with Crippen LogP contribution >= 0.6 is 11.6 Å². The van der Waals surface area contributed by atoms with E-state index in [1.165, 1.54) is 6.92 Å². The molecule has 1 saturated heterocycles. The molecule has 2 aromatic heterocycles. The molecule has 0 spiro atoms. The second kappa shape index (κ2) is 7.43. The van der Waals surface area contributed by atoms with Crippen LogP contribution in [0.5, 0.6) is 0 Å². The molecule has 11 heteroatoms. The summed E-state index contributed by atoms with van der Waals surface area (Å²) in [6.07, 6.45) is -5.05. The molecule has 0 bridgehead atoms. The average Bonchev–Trinajstić information content (AvgIpc) is 2.93. The fraction of sp³-hybridized carbons (Fsp3) is 0.500. The molecule has 1 unspecified atom stereocenters. The molecule has 0 aliphatic carbocycles. The number of alkyl halides is 3. The first-order valence-corrected chi connectivity index (χ1v) is 8.66. The molecule has 2 aromatic rings. The molecule has 3 rings (SSSR count). The van der Waals surface area contributed by atoms with Gasteiger partial charge in [-0.1, -0.05) is 11.6 Å². The van der Waals surface area contributed by atoms with E-state index in [1.807, 2.05) is 24.0 Å². The summed E-state index contributed by atoms with van der Waals surface area (Å²) >= 11 is 5.79. The minimum absolute atomic E-state index is 0.105. The molecular formula is C16H18ClF3N6O. The Bertz CT molecular complexity index is 815. The minimum atomic E-state index is -4.68. The van der Waals surface area contributed by atoms with E-state index in [4.69, 9.17) is 11.6 Å². The van der Waals surface area contributed by atoms with Gasteiger partial charge < -0.3 is 4.90 Å². The van der Waals surface area contributed by atoms with E-state index in [-0.39, 0.29) is 5.69 Å². The van der Waals surface area contributed by atoms with Gasteiger partial charge in [-0.25, -0.2) is 4.68 Å². The largest absolute Gasteiger partial charge is 0.436 e. The predicted molar refractivity (Wildman–Crippen MR) is 92.6 cm³/mol. The zero-order valence-electron chi connectivity index (χ0n) is 14.7. The third kappa shape index (κ3) is 3.91. The topological polar surface area (TPSA) is 67.2 Å². The van der Waals surface area contributed by atoms with E-state index >= 15 is 0 Å². The maximum Gasteiger partial charge on any atom is 0.436 e. The highest BCUT2D eigenvalue weighted by Crippen LogP contribution is 2.36. The van der Waals surface area contributed by atoms with Crippen molar-refractivity contribution < 1.29 is 18.0 Å². The Morgan fingerprint density at radius 3 is 2.30 bits per heavy atom. The molecule has 3 heterocycles. The molecule has 146 valence electrons. The highest BCUT2D eigenvalue weighted by molar-refractivity contribution is 6.32. The third-order valence-electron chi connectivity index (χ3n) is 4.51. The number of halogens is 4. The molecule has 0 saturated carbocycles. The van der Waals surface area contributed by atoms with Gasteiger partial charge in [-0.2, -0.15) is 23.4 Å². The molecule has 1 aliphatic heterocycles. The van der Waals surface area contributed by atoms with Crippen molar-refractivity contribution in [2.45, 2.75) is 26.2 Å².